The fourth-order valence-electron chi connectivity index (χ4n) is 1.22. The summed E-state index contributed by atoms with van der Waals surface area (Å²) in [6, 6.07) is 0. The van der Waals surface area contributed by atoms with E-state index < -0.39 is 0 Å². The lowest BCUT2D eigenvalue weighted by Crippen LogP contribution is -2.13. The Kier molecular flexibility index (Phi) is 3.31. The Bertz CT molecular complexity index is 262. The Morgan fingerprint density at radius 1 is 1.69 bits per heavy atom. The Morgan fingerprint density at radius 3 is 3.00 bits per heavy atom. The van der Waals surface area contributed by atoms with Crippen LogP contribution >= 0.6 is 0 Å². The maximum atomic E-state index is 9.95. The molecule has 0 aliphatic heterocycles. The van der Waals surface area contributed by atoms with E-state index in [0.29, 0.717) is 18.8 Å². The second-order valence-corrected chi connectivity index (χ2v) is 2.88. The predicted octanol–water partition coefficient (Wildman–Crippen LogP) is -0.0211. The van der Waals surface area contributed by atoms with Crippen LogP contribution in [-0.2, 0) is 11.2 Å². The number of anilines is 1. The van der Waals surface area contributed by atoms with Crippen molar-refractivity contribution in [1.82, 2.24) is 15.5 Å². The summed E-state index contributed by atoms with van der Waals surface area (Å²) < 4.78 is 0. The van der Waals surface area contributed by atoms with Crippen molar-refractivity contribution < 1.29 is 4.79 Å². The number of aromatic amines is 1. The molecule has 1 rings (SSSR count). The summed E-state index contributed by atoms with van der Waals surface area (Å²) in [5, 5.41) is 9.29. The van der Waals surface area contributed by atoms with Crippen LogP contribution in [0.5, 0.6) is 0 Å². The van der Waals surface area contributed by atoms with E-state index >= 15 is 0 Å². The first kappa shape index (κ1) is 9.57. The molecule has 0 radical (unpaired) electrons. The Morgan fingerprint density at radius 2 is 2.46 bits per heavy atom. The van der Waals surface area contributed by atoms with Crippen molar-refractivity contribution in [3.05, 3.63) is 11.3 Å². The number of H-pyrrole nitrogens is 1. The van der Waals surface area contributed by atoms with Crippen LogP contribution in [0.4, 0.5) is 5.82 Å². The minimum absolute atomic E-state index is 0.628. The summed E-state index contributed by atoms with van der Waals surface area (Å²) in [5.41, 5.74) is 7.63. The molecule has 72 valence electrons. The van der Waals surface area contributed by atoms with Crippen LogP contribution in [0.2, 0.25) is 0 Å². The van der Waals surface area contributed by atoms with Crippen LogP contribution in [0.3, 0.4) is 0 Å². The molecule has 0 saturated carbocycles. The average Bonchev–Trinajstić information content (AvgIpc) is 2.42. The van der Waals surface area contributed by atoms with Crippen molar-refractivity contribution >= 4 is 12.2 Å². The van der Waals surface area contributed by atoms with Gasteiger partial charge in [-0.15, -0.1) is 0 Å². The molecule has 0 atom stereocenters. The highest BCUT2D eigenvalue weighted by Gasteiger charge is 2.05. The quantitative estimate of drug-likeness (QED) is 0.442. The third-order valence-corrected chi connectivity index (χ3v) is 1.94. The Hall–Kier alpha value is -1.52. The molecule has 0 saturated heterocycles. The van der Waals surface area contributed by atoms with E-state index in [-0.39, 0.29) is 0 Å². The first-order valence-electron chi connectivity index (χ1n) is 4.22. The number of rotatable bonds is 5. The van der Waals surface area contributed by atoms with E-state index in [1.54, 1.807) is 0 Å². The lowest BCUT2D eigenvalue weighted by atomic mass is 10.1. The van der Waals surface area contributed by atoms with Crippen molar-refractivity contribution in [3.63, 3.8) is 0 Å². The molecule has 13 heavy (non-hydrogen) atoms. The number of amides is 1. The Labute approximate surface area is 76.7 Å². The number of hydrogen-bond donors (Lipinski definition) is 3. The molecule has 1 aromatic rings. The summed E-state index contributed by atoms with van der Waals surface area (Å²) >= 11 is 0. The largest absolute Gasteiger partial charge is 0.384 e. The highest BCUT2D eigenvalue weighted by Crippen LogP contribution is 2.13. The number of aromatic nitrogens is 2. The van der Waals surface area contributed by atoms with E-state index in [2.05, 4.69) is 15.5 Å². The van der Waals surface area contributed by atoms with Crippen LogP contribution < -0.4 is 11.1 Å². The minimum atomic E-state index is 0.628. The highest BCUT2D eigenvalue weighted by atomic mass is 16.1. The van der Waals surface area contributed by atoms with E-state index in [0.717, 1.165) is 24.1 Å². The van der Waals surface area contributed by atoms with Gasteiger partial charge in [0.2, 0.25) is 6.41 Å². The van der Waals surface area contributed by atoms with Crippen LogP contribution in [0.25, 0.3) is 0 Å². The predicted molar refractivity (Wildman–Crippen MR) is 50.1 cm³/mol. The van der Waals surface area contributed by atoms with Gasteiger partial charge >= 0.3 is 0 Å². The standard InChI is InChI=1S/C8H14N4O/c1-6-7(8(9)12-11-6)3-2-4-10-5-13/h5H,2-4H2,1H3,(H,10,13)(H3,9,11,12). The van der Waals surface area contributed by atoms with Crippen LogP contribution in [0, 0.1) is 6.92 Å². The zero-order valence-electron chi connectivity index (χ0n) is 7.63. The minimum Gasteiger partial charge on any atom is -0.384 e. The molecule has 1 heterocycles. The lowest BCUT2D eigenvalue weighted by Gasteiger charge is -2.00. The van der Waals surface area contributed by atoms with Gasteiger partial charge in [-0.2, -0.15) is 5.10 Å². The molecule has 0 aromatic carbocycles. The van der Waals surface area contributed by atoms with E-state index in [1.807, 2.05) is 6.92 Å². The van der Waals surface area contributed by atoms with Gasteiger partial charge in [-0.25, -0.2) is 0 Å². The monoisotopic (exact) mass is 182 g/mol. The van der Waals surface area contributed by atoms with Crippen molar-refractivity contribution in [2.75, 3.05) is 12.3 Å². The molecule has 5 heteroatoms. The first-order chi connectivity index (χ1) is 6.25. The fourth-order valence-corrected chi connectivity index (χ4v) is 1.22. The van der Waals surface area contributed by atoms with Gasteiger partial charge in [0.25, 0.3) is 0 Å². The number of hydrogen-bond acceptors (Lipinski definition) is 3. The molecule has 0 fully saturated rings. The molecular formula is C8H14N4O. The number of nitrogen functional groups attached to an aromatic ring is 1. The van der Waals surface area contributed by atoms with Crippen LogP contribution in [-0.4, -0.2) is 23.2 Å². The maximum absolute atomic E-state index is 9.95. The van der Waals surface area contributed by atoms with E-state index in [9.17, 15) is 4.79 Å². The van der Waals surface area contributed by atoms with Crippen LogP contribution in [0.15, 0.2) is 0 Å². The van der Waals surface area contributed by atoms with E-state index in [1.165, 1.54) is 0 Å². The molecule has 5 nitrogen and oxygen atoms in total. The molecular weight excluding hydrogens is 168 g/mol. The number of aryl methyl sites for hydroxylation is 1. The van der Waals surface area contributed by atoms with Gasteiger partial charge in [-0.3, -0.25) is 9.89 Å². The maximum Gasteiger partial charge on any atom is 0.207 e. The molecule has 0 aliphatic rings. The SMILES string of the molecule is Cc1n[nH]c(N)c1CCCNC=O. The molecule has 1 amide bonds. The summed E-state index contributed by atoms with van der Waals surface area (Å²) in [7, 11) is 0. The van der Waals surface area contributed by atoms with Crippen molar-refractivity contribution in [3.8, 4) is 0 Å². The molecule has 0 bridgehead atoms. The van der Waals surface area contributed by atoms with Gasteiger partial charge in [0, 0.05) is 12.1 Å². The molecule has 0 spiro atoms. The van der Waals surface area contributed by atoms with Gasteiger partial charge in [0.05, 0.1) is 5.69 Å². The first-order valence-corrected chi connectivity index (χ1v) is 4.22. The smallest absolute Gasteiger partial charge is 0.207 e. The van der Waals surface area contributed by atoms with Crippen molar-refractivity contribution in [2.24, 2.45) is 0 Å². The van der Waals surface area contributed by atoms with Gasteiger partial charge < -0.3 is 11.1 Å². The van der Waals surface area contributed by atoms with Gasteiger partial charge in [0.1, 0.15) is 5.82 Å². The third-order valence-electron chi connectivity index (χ3n) is 1.94. The number of nitrogens with one attached hydrogen (secondary N) is 2. The highest BCUT2D eigenvalue weighted by molar-refractivity contribution is 5.45. The van der Waals surface area contributed by atoms with Crippen LogP contribution in [0.1, 0.15) is 17.7 Å². The van der Waals surface area contributed by atoms with Gasteiger partial charge in [-0.05, 0) is 19.8 Å². The second kappa shape index (κ2) is 4.49. The number of nitrogens with two attached hydrogens (primary N) is 1. The van der Waals surface area contributed by atoms with E-state index in [4.69, 9.17) is 5.73 Å². The van der Waals surface area contributed by atoms with Crippen molar-refractivity contribution in [1.29, 1.82) is 0 Å². The van der Waals surface area contributed by atoms with Gasteiger partial charge in [0.15, 0.2) is 0 Å². The molecule has 4 N–H and O–H groups in total. The second-order valence-electron chi connectivity index (χ2n) is 2.88. The normalized spacial score (nSPS) is 9.92. The summed E-state index contributed by atoms with van der Waals surface area (Å²) in [5.74, 6) is 0.628. The average molecular weight is 182 g/mol. The lowest BCUT2D eigenvalue weighted by molar-refractivity contribution is -0.109. The number of carbonyl (C=O) groups is 1. The number of carbonyl (C=O) groups excluding carboxylic acids is 1. The zero-order chi connectivity index (χ0) is 9.68. The fraction of sp³-hybridized carbons (Fsp3) is 0.500. The summed E-state index contributed by atoms with van der Waals surface area (Å²) in [4.78, 5) is 9.95. The summed E-state index contributed by atoms with van der Waals surface area (Å²) in [6.45, 7) is 2.59. The summed E-state index contributed by atoms with van der Waals surface area (Å²) in [6.07, 6.45) is 2.42. The molecule has 0 aliphatic carbocycles. The van der Waals surface area contributed by atoms with Gasteiger partial charge in [-0.1, -0.05) is 0 Å². The topological polar surface area (TPSA) is 83.8 Å². The van der Waals surface area contributed by atoms with Crippen molar-refractivity contribution in [2.45, 2.75) is 19.8 Å². The Balaban J connectivity index is 2.40. The molecule has 0 unspecified atom stereocenters. The molecule has 1 aromatic heterocycles. The third kappa shape index (κ3) is 2.47. The zero-order valence-corrected chi connectivity index (χ0v) is 7.63. The number of nitrogens with zero attached hydrogens (tertiary/aromatic N) is 1.